The Hall–Kier alpha value is -2.04. The summed E-state index contributed by atoms with van der Waals surface area (Å²) in [6, 6.07) is 8.41. The lowest BCUT2D eigenvalue weighted by molar-refractivity contribution is -0.142. The lowest BCUT2D eigenvalue weighted by atomic mass is 10.1. The first-order valence-corrected chi connectivity index (χ1v) is 8.15. The fraction of sp³-hybridized carbons (Fsp3) is 0.556. The average molecular weight is 316 g/mol. The maximum Gasteiger partial charge on any atom is 0.307 e. The fourth-order valence-corrected chi connectivity index (χ4v) is 3.70. The van der Waals surface area contributed by atoms with Gasteiger partial charge in [-0.1, -0.05) is 31.5 Å². The van der Waals surface area contributed by atoms with Gasteiger partial charge in [-0.2, -0.15) is 0 Å². The third kappa shape index (κ3) is 2.80. The van der Waals surface area contributed by atoms with Gasteiger partial charge in [0.15, 0.2) is 0 Å². The Morgan fingerprint density at radius 2 is 1.61 bits per heavy atom. The number of carbonyl (C=O) groups excluding carboxylic acids is 1. The molecular weight excluding hydrogens is 292 g/mol. The van der Waals surface area contributed by atoms with Gasteiger partial charge in [0.05, 0.1) is 11.8 Å². The van der Waals surface area contributed by atoms with E-state index in [-0.39, 0.29) is 11.8 Å². The summed E-state index contributed by atoms with van der Waals surface area (Å²) in [5.74, 6) is -1.76. The molecule has 124 valence electrons. The quantitative estimate of drug-likeness (QED) is 0.926. The number of anilines is 1. The van der Waals surface area contributed by atoms with E-state index in [0.29, 0.717) is 13.1 Å². The van der Waals surface area contributed by atoms with Gasteiger partial charge >= 0.3 is 5.97 Å². The number of amides is 1. The van der Waals surface area contributed by atoms with E-state index in [1.54, 1.807) is 0 Å². The van der Waals surface area contributed by atoms with E-state index >= 15 is 0 Å². The van der Waals surface area contributed by atoms with Crippen LogP contribution < -0.4 is 4.90 Å². The standard InChI is InChI=1S/C18H24N2O3/c1-12-4-6-13(7-5-12)19-8-10-20(11-9-19)16(21)14-15(17(22)23)18(14,2)3/h4-7,14-15H,8-11H2,1-3H3,(H,22,23)/t14-,15-/m0/s1. The molecule has 0 radical (unpaired) electrons. The van der Waals surface area contributed by atoms with Crippen molar-refractivity contribution in [1.29, 1.82) is 0 Å². The van der Waals surface area contributed by atoms with Gasteiger partial charge in [0, 0.05) is 31.9 Å². The number of piperazine rings is 1. The Kier molecular flexibility index (Phi) is 3.82. The highest BCUT2D eigenvalue weighted by molar-refractivity contribution is 5.91. The summed E-state index contributed by atoms with van der Waals surface area (Å²) in [6.07, 6.45) is 0. The molecule has 0 spiro atoms. The molecule has 1 aliphatic heterocycles. The normalized spacial score (nSPS) is 26.0. The molecule has 23 heavy (non-hydrogen) atoms. The first-order valence-electron chi connectivity index (χ1n) is 8.15. The van der Waals surface area contributed by atoms with Crippen molar-refractivity contribution in [3.05, 3.63) is 29.8 Å². The molecule has 0 unspecified atom stereocenters. The predicted octanol–water partition coefficient (Wildman–Crippen LogP) is 2.00. The van der Waals surface area contributed by atoms with Crippen LogP contribution in [0.2, 0.25) is 0 Å². The maximum atomic E-state index is 12.6. The van der Waals surface area contributed by atoms with Crippen LogP contribution in [-0.4, -0.2) is 48.1 Å². The van der Waals surface area contributed by atoms with Gasteiger partial charge in [0.25, 0.3) is 0 Å². The van der Waals surface area contributed by atoms with Gasteiger partial charge in [-0.3, -0.25) is 9.59 Å². The molecule has 1 saturated heterocycles. The molecular formula is C18H24N2O3. The van der Waals surface area contributed by atoms with Crippen LogP contribution in [0.5, 0.6) is 0 Å². The summed E-state index contributed by atoms with van der Waals surface area (Å²) in [5.41, 5.74) is 1.99. The van der Waals surface area contributed by atoms with Crippen LogP contribution in [-0.2, 0) is 9.59 Å². The van der Waals surface area contributed by atoms with Crippen molar-refractivity contribution in [2.45, 2.75) is 20.8 Å². The molecule has 3 rings (SSSR count). The number of hydrogen-bond acceptors (Lipinski definition) is 3. The molecule has 0 aromatic heterocycles. The van der Waals surface area contributed by atoms with E-state index in [1.165, 1.54) is 11.3 Å². The van der Waals surface area contributed by atoms with Crippen molar-refractivity contribution in [2.24, 2.45) is 17.3 Å². The minimum atomic E-state index is -0.855. The lowest BCUT2D eigenvalue weighted by Gasteiger charge is -2.36. The van der Waals surface area contributed by atoms with Crippen molar-refractivity contribution in [2.75, 3.05) is 31.1 Å². The summed E-state index contributed by atoms with van der Waals surface area (Å²) < 4.78 is 0. The third-order valence-corrected chi connectivity index (χ3v) is 5.35. The van der Waals surface area contributed by atoms with Crippen LogP contribution in [0.4, 0.5) is 5.69 Å². The van der Waals surface area contributed by atoms with Crippen molar-refractivity contribution >= 4 is 17.6 Å². The smallest absolute Gasteiger partial charge is 0.307 e. The van der Waals surface area contributed by atoms with Gasteiger partial charge in [-0.15, -0.1) is 0 Å². The number of carboxylic acid groups (broad SMARTS) is 1. The molecule has 2 aliphatic rings. The Labute approximate surface area is 136 Å². The summed E-state index contributed by atoms with van der Waals surface area (Å²) in [6.45, 7) is 8.71. The molecule has 1 N–H and O–H groups in total. The van der Waals surface area contributed by atoms with E-state index in [9.17, 15) is 14.7 Å². The number of hydrogen-bond donors (Lipinski definition) is 1. The number of benzene rings is 1. The molecule has 1 aliphatic carbocycles. The molecule has 2 fully saturated rings. The van der Waals surface area contributed by atoms with Gasteiger partial charge in [0.1, 0.15) is 0 Å². The van der Waals surface area contributed by atoms with E-state index in [0.717, 1.165) is 13.1 Å². The third-order valence-electron chi connectivity index (χ3n) is 5.35. The first kappa shape index (κ1) is 15.8. The molecule has 1 aromatic rings. The molecule has 1 aromatic carbocycles. The van der Waals surface area contributed by atoms with Crippen LogP contribution >= 0.6 is 0 Å². The zero-order chi connectivity index (χ0) is 16.8. The summed E-state index contributed by atoms with van der Waals surface area (Å²) >= 11 is 0. The van der Waals surface area contributed by atoms with Crippen LogP contribution in [0.25, 0.3) is 0 Å². The molecule has 2 atom stereocenters. The van der Waals surface area contributed by atoms with Gasteiger partial charge < -0.3 is 14.9 Å². The number of nitrogens with zero attached hydrogens (tertiary/aromatic N) is 2. The Bertz CT molecular complexity index is 616. The van der Waals surface area contributed by atoms with Crippen LogP contribution in [0.15, 0.2) is 24.3 Å². The molecule has 1 amide bonds. The summed E-state index contributed by atoms with van der Waals surface area (Å²) in [7, 11) is 0. The highest BCUT2D eigenvalue weighted by Gasteiger charge is 2.66. The SMILES string of the molecule is Cc1ccc(N2CCN(C(=O)[C@@H]3[C@@H](C(=O)O)C3(C)C)CC2)cc1. The van der Waals surface area contributed by atoms with Crippen molar-refractivity contribution < 1.29 is 14.7 Å². The average Bonchev–Trinajstić information content (AvgIpc) is 3.10. The zero-order valence-corrected chi connectivity index (χ0v) is 14.0. The van der Waals surface area contributed by atoms with Gasteiger partial charge in [-0.05, 0) is 24.5 Å². The van der Waals surface area contributed by atoms with Crippen LogP contribution in [0, 0.1) is 24.2 Å². The largest absolute Gasteiger partial charge is 0.481 e. The number of carboxylic acids is 1. The highest BCUT2D eigenvalue weighted by Crippen LogP contribution is 2.59. The van der Waals surface area contributed by atoms with Gasteiger partial charge in [0.2, 0.25) is 5.91 Å². The van der Waals surface area contributed by atoms with Crippen molar-refractivity contribution in [3.8, 4) is 0 Å². The van der Waals surface area contributed by atoms with E-state index in [4.69, 9.17) is 0 Å². The molecule has 0 bridgehead atoms. The minimum absolute atomic E-state index is 0.00551. The number of aryl methyl sites for hydroxylation is 1. The lowest BCUT2D eigenvalue weighted by Crippen LogP contribution is -2.49. The number of aliphatic carboxylic acids is 1. The minimum Gasteiger partial charge on any atom is -0.481 e. The number of carbonyl (C=O) groups is 2. The highest BCUT2D eigenvalue weighted by atomic mass is 16.4. The fourth-order valence-electron chi connectivity index (χ4n) is 3.70. The Balaban J connectivity index is 1.60. The van der Waals surface area contributed by atoms with Crippen LogP contribution in [0.3, 0.4) is 0 Å². The zero-order valence-electron chi connectivity index (χ0n) is 14.0. The summed E-state index contributed by atoms with van der Waals surface area (Å²) in [4.78, 5) is 28.0. The predicted molar refractivity (Wildman–Crippen MR) is 88.4 cm³/mol. The second-order valence-electron chi connectivity index (χ2n) is 7.26. The van der Waals surface area contributed by atoms with Crippen molar-refractivity contribution in [1.82, 2.24) is 4.90 Å². The van der Waals surface area contributed by atoms with Gasteiger partial charge in [-0.25, -0.2) is 0 Å². The molecule has 1 heterocycles. The van der Waals surface area contributed by atoms with E-state index < -0.39 is 17.3 Å². The van der Waals surface area contributed by atoms with E-state index in [2.05, 4.69) is 36.1 Å². The molecule has 1 saturated carbocycles. The Morgan fingerprint density at radius 3 is 2.09 bits per heavy atom. The molecule has 5 heteroatoms. The number of rotatable bonds is 3. The second-order valence-corrected chi connectivity index (χ2v) is 7.26. The summed E-state index contributed by atoms with van der Waals surface area (Å²) in [5, 5.41) is 9.24. The van der Waals surface area contributed by atoms with E-state index in [1.807, 2.05) is 18.7 Å². The monoisotopic (exact) mass is 316 g/mol. The van der Waals surface area contributed by atoms with Crippen molar-refractivity contribution in [3.63, 3.8) is 0 Å². The first-order chi connectivity index (χ1) is 10.8. The second kappa shape index (κ2) is 5.55. The Morgan fingerprint density at radius 1 is 1.04 bits per heavy atom. The topological polar surface area (TPSA) is 60.9 Å². The maximum absolute atomic E-state index is 12.6. The molecule has 5 nitrogen and oxygen atoms in total. The van der Waals surface area contributed by atoms with Crippen LogP contribution in [0.1, 0.15) is 19.4 Å².